The first-order chi connectivity index (χ1) is 6.22. The zero-order chi connectivity index (χ0) is 9.68. The Morgan fingerprint density at radius 2 is 1.92 bits per heavy atom. The maximum atomic E-state index is 9.30. The van der Waals surface area contributed by atoms with Crippen LogP contribution in [0.25, 0.3) is 0 Å². The molecule has 1 atom stereocenters. The van der Waals surface area contributed by atoms with Gasteiger partial charge in [-0.1, -0.05) is 39.7 Å². The molecule has 72 valence electrons. The highest BCUT2D eigenvalue weighted by Crippen LogP contribution is 2.12. The molecule has 0 fully saturated rings. The summed E-state index contributed by atoms with van der Waals surface area (Å²) in [5.41, 5.74) is 1.21. The Morgan fingerprint density at radius 1 is 1.31 bits per heavy atom. The Kier molecular flexibility index (Phi) is 4.78. The largest absolute Gasteiger partial charge is 0.392 e. The van der Waals surface area contributed by atoms with Crippen LogP contribution in [0.1, 0.15) is 12.0 Å². The van der Waals surface area contributed by atoms with E-state index < -0.39 is 0 Å². The fourth-order valence-electron chi connectivity index (χ4n) is 1.06. The van der Waals surface area contributed by atoms with Crippen molar-refractivity contribution in [1.82, 2.24) is 0 Å². The number of aliphatic hydroxyl groups is 1. The van der Waals surface area contributed by atoms with E-state index in [2.05, 4.69) is 15.9 Å². The molecule has 3 heteroatoms. The van der Waals surface area contributed by atoms with Gasteiger partial charge in [-0.2, -0.15) is 0 Å². The van der Waals surface area contributed by atoms with E-state index in [-0.39, 0.29) is 6.10 Å². The van der Waals surface area contributed by atoms with Crippen LogP contribution in [-0.4, -0.2) is 16.5 Å². The van der Waals surface area contributed by atoms with Crippen molar-refractivity contribution >= 4 is 27.5 Å². The van der Waals surface area contributed by atoms with Crippen LogP contribution in [0.5, 0.6) is 0 Å². The lowest BCUT2D eigenvalue weighted by molar-refractivity contribution is 0.191. The molecule has 13 heavy (non-hydrogen) atoms. The fourth-order valence-corrected chi connectivity index (χ4v) is 1.51. The van der Waals surface area contributed by atoms with E-state index in [1.165, 1.54) is 5.56 Å². The van der Waals surface area contributed by atoms with Crippen LogP contribution >= 0.6 is 27.5 Å². The van der Waals surface area contributed by atoms with Crippen molar-refractivity contribution in [3.63, 3.8) is 0 Å². The lowest BCUT2D eigenvalue weighted by Gasteiger charge is -2.06. The van der Waals surface area contributed by atoms with Gasteiger partial charge in [-0.25, -0.2) is 0 Å². The molecule has 1 aromatic rings. The Hall–Kier alpha value is -0.0500. The van der Waals surface area contributed by atoms with Gasteiger partial charge in [-0.15, -0.1) is 0 Å². The Bertz CT molecular complexity index is 248. The molecule has 0 saturated heterocycles. The van der Waals surface area contributed by atoms with Gasteiger partial charge in [0.15, 0.2) is 0 Å². The van der Waals surface area contributed by atoms with Crippen molar-refractivity contribution in [3.05, 3.63) is 34.9 Å². The minimum absolute atomic E-state index is 0.254. The Morgan fingerprint density at radius 3 is 2.46 bits per heavy atom. The van der Waals surface area contributed by atoms with Crippen LogP contribution in [0.3, 0.4) is 0 Å². The van der Waals surface area contributed by atoms with Crippen molar-refractivity contribution in [2.24, 2.45) is 0 Å². The topological polar surface area (TPSA) is 20.2 Å². The number of benzene rings is 1. The molecule has 0 bridgehead atoms. The van der Waals surface area contributed by atoms with Crippen LogP contribution in [0.4, 0.5) is 0 Å². The molecule has 0 saturated carbocycles. The number of alkyl halides is 1. The van der Waals surface area contributed by atoms with Crippen molar-refractivity contribution in [3.8, 4) is 0 Å². The molecule has 0 aromatic heterocycles. The highest BCUT2D eigenvalue weighted by molar-refractivity contribution is 9.09. The molecule has 1 rings (SSSR count). The third-order valence-corrected chi connectivity index (χ3v) is 2.86. The van der Waals surface area contributed by atoms with E-state index in [0.717, 1.165) is 17.9 Å². The van der Waals surface area contributed by atoms with Crippen molar-refractivity contribution in [2.45, 2.75) is 18.9 Å². The van der Waals surface area contributed by atoms with E-state index in [4.69, 9.17) is 11.6 Å². The van der Waals surface area contributed by atoms with Crippen LogP contribution < -0.4 is 0 Å². The predicted molar refractivity (Wildman–Crippen MR) is 59.6 cm³/mol. The first kappa shape index (κ1) is 11.0. The van der Waals surface area contributed by atoms with Gasteiger partial charge in [0, 0.05) is 10.4 Å². The van der Waals surface area contributed by atoms with Gasteiger partial charge >= 0.3 is 0 Å². The summed E-state index contributed by atoms with van der Waals surface area (Å²) in [7, 11) is 0. The number of rotatable bonds is 4. The number of halogens is 2. The monoisotopic (exact) mass is 262 g/mol. The second kappa shape index (κ2) is 5.63. The summed E-state index contributed by atoms with van der Waals surface area (Å²) >= 11 is 8.97. The van der Waals surface area contributed by atoms with E-state index in [0.29, 0.717) is 5.33 Å². The normalized spacial score (nSPS) is 12.8. The highest BCUT2D eigenvalue weighted by atomic mass is 79.9. The van der Waals surface area contributed by atoms with Gasteiger partial charge in [-0.05, 0) is 30.5 Å². The van der Waals surface area contributed by atoms with Crippen molar-refractivity contribution in [1.29, 1.82) is 0 Å². The molecule has 0 aliphatic carbocycles. The maximum Gasteiger partial charge on any atom is 0.0640 e. The summed E-state index contributed by atoms with van der Waals surface area (Å²) < 4.78 is 0. The summed E-state index contributed by atoms with van der Waals surface area (Å²) in [6.45, 7) is 0. The number of hydrogen-bond donors (Lipinski definition) is 1. The maximum absolute atomic E-state index is 9.30. The molecule has 0 spiro atoms. The van der Waals surface area contributed by atoms with Crippen LogP contribution in [0.15, 0.2) is 24.3 Å². The van der Waals surface area contributed by atoms with Crippen molar-refractivity contribution < 1.29 is 5.11 Å². The molecule has 1 unspecified atom stereocenters. The molecule has 0 radical (unpaired) electrons. The average molecular weight is 264 g/mol. The second-order valence-corrected chi connectivity index (χ2v) is 4.06. The van der Waals surface area contributed by atoms with Crippen LogP contribution in [0.2, 0.25) is 5.02 Å². The summed E-state index contributed by atoms with van der Waals surface area (Å²) in [5.74, 6) is 0. The lowest BCUT2D eigenvalue weighted by Crippen LogP contribution is -2.08. The molecular formula is C10H12BrClO. The predicted octanol–water partition coefficient (Wildman–Crippen LogP) is 3.03. The summed E-state index contributed by atoms with van der Waals surface area (Å²) in [6.07, 6.45) is 1.42. The van der Waals surface area contributed by atoms with Gasteiger partial charge in [0.1, 0.15) is 0 Å². The molecular weight excluding hydrogens is 251 g/mol. The Labute approximate surface area is 91.9 Å². The van der Waals surface area contributed by atoms with Crippen LogP contribution in [0, 0.1) is 0 Å². The van der Waals surface area contributed by atoms with Gasteiger partial charge in [0.25, 0.3) is 0 Å². The summed E-state index contributed by atoms with van der Waals surface area (Å²) in [4.78, 5) is 0. The van der Waals surface area contributed by atoms with E-state index >= 15 is 0 Å². The summed E-state index contributed by atoms with van der Waals surface area (Å²) in [5, 5.41) is 10.7. The zero-order valence-electron chi connectivity index (χ0n) is 7.21. The molecule has 1 N–H and O–H groups in total. The Balaban J connectivity index is 2.41. The zero-order valence-corrected chi connectivity index (χ0v) is 9.55. The molecule has 1 aromatic carbocycles. The highest BCUT2D eigenvalue weighted by Gasteiger charge is 2.01. The van der Waals surface area contributed by atoms with E-state index in [9.17, 15) is 5.11 Å². The second-order valence-electron chi connectivity index (χ2n) is 2.97. The standard InChI is InChI=1S/C10H12BrClO/c11-7-10(13)6-3-8-1-4-9(12)5-2-8/h1-2,4-5,10,13H,3,6-7H2. The molecule has 0 amide bonds. The fraction of sp³-hybridized carbons (Fsp3) is 0.400. The molecule has 0 aliphatic rings. The smallest absolute Gasteiger partial charge is 0.0640 e. The third kappa shape index (κ3) is 4.12. The molecule has 0 aliphatic heterocycles. The van der Waals surface area contributed by atoms with Gasteiger partial charge in [-0.3, -0.25) is 0 Å². The lowest BCUT2D eigenvalue weighted by atomic mass is 10.1. The van der Waals surface area contributed by atoms with Gasteiger partial charge in [0.2, 0.25) is 0 Å². The third-order valence-electron chi connectivity index (χ3n) is 1.86. The SMILES string of the molecule is OC(CBr)CCc1ccc(Cl)cc1. The van der Waals surface area contributed by atoms with Gasteiger partial charge < -0.3 is 5.11 Å². The van der Waals surface area contributed by atoms with Crippen LogP contribution in [-0.2, 0) is 6.42 Å². The number of aliphatic hydroxyl groups excluding tert-OH is 1. The molecule has 1 nitrogen and oxygen atoms in total. The first-order valence-corrected chi connectivity index (χ1v) is 5.71. The minimum Gasteiger partial charge on any atom is -0.392 e. The number of aryl methyl sites for hydroxylation is 1. The quantitative estimate of drug-likeness (QED) is 0.828. The summed E-state index contributed by atoms with van der Waals surface area (Å²) in [6, 6.07) is 7.72. The first-order valence-electron chi connectivity index (χ1n) is 4.21. The van der Waals surface area contributed by atoms with E-state index in [1.54, 1.807) is 0 Å². The van der Waals surface area contributed by atoms with Gasteiger partial charge in [0.05, 0.1) is 6.10 Å². The molecule has 0 heterocycles. The van der Waals surface area contributed by atoms with Crippen molar-refractivity contribution in [2.75, 3.05) is 5.33 Å². The van der Waals surface area contributed by atoms with E-state index in [1.807, 2.05) is 24.3 Å². The minimum atomic E-state index is -0.254. The number of hydrogen-bond acceptors (Lipinski definition) is 1. The average Bonchev–Trinajstić information content (AvgIpc) is 2.16.